The molecule has 1 atom stereocenters. The zero-order valence-electron chi connectivity index (χ0n) is 9.46. The molecule has 6 heteroatoms. The standard InChI is InChI=1S/C9H17NO5/c1-9(5-13-3,7(11)10-2)6-15-8(12)14-4/h5-6H2,1-4H3,(H,10,11). The van der Waals surface area contributed by atoms with Crippen LogP contribution in [-0.2, 0) is 19.0 Å². The van der Waals surface area contributed by atoms with Gasteiger partial charge in [-0.05, 0) is 6.92 Å². The van der Waals surface area contributed by atoms with Gasteiger partial charge in [-0.15, -0.1) is 0 Å². The van der Waals surface area contributed by atoms with Gasteiger partial charge in [0.2, 0.25) is 5.91 Å². The SMILES string of the molecule is CNC(=O)C(C)(COC)COC(=O)OC. The number of nitrogens with one attached hydrogen (secondary N) is 1. The lowest BCUT2D eigenvalue weighted by Crippen LogP contribution is -2.44. The number of carbonyl (C=O) groups excluding carboxylic acids is 2. The summed E-state index contributed by atoms with van der Waals surface area (Å²) < 4.78 is 13.9. The van der Waals surface area contributed by atoms with Gasteiger partial charge >= 0.3 is 6.16 Å². The van der Waals surface area contributed by atoms with Gasteiger partial charge in [0, 0.05) is 14.2 Å². The average Bonchev–Trinajstić information content (AvgIpc) is 2.25. The molecular weight excluding hydrogens is 202 g/mol. The number of rotatable bonds is 5. The van der Waals surface area contributed by atoms with Crippen molar-refractivity contribution in [2.75, 3.05) is 34.5 Å². The zero-order chi connectivity index (χ0) is 11.9. The Morgan fingerprint density at radius 3 is 2.27 bits per heavy atom. The Hall–Kier alpha value is -1.30. The van der Waals surface area contributed by atoms with Crippen molar-refractivity contribution in [2.24, 2.45) is 5.41 Å². The van der Waals surface area contributed by atoms with Gasteiger partial charge in [0.15, 0.2) is 0 Å². The van der Waals surface area contributed by atoms with Crippen LogP contribution in [0.4, 0.5) is 4.79 Å². The van der Waals surface area contributed by atoms with E-state index in [0.717, 1.165) is 0 Å². The van der Waals surface area contributed by atoms with Crippen molar-refractivity contribution in [3.63, 3.8) is 0 Å². The molecule has 0 radical (unpaired) electrons. The number of carbonyl (C=O) groups is 2. The molecule has 88 valence electrons. The molecule has 0 aromatic carbocycles. The first-order valence-corrected chi connectivity index (χ1v) is 4.42. The highest BCUT2D eigenvalue weighted by molar-refractivity contribution is 5.82. The summed E-state index contributed by atoms with van der Waals surface area (Å²) >= 11 is 0. The minimum Gasteiger partial charge on any atom is -0.438 e. The van der Waals surface area contributed by atoms with Crippen molar-refractivity contribution >= 4 is 12.1 Å². The van der Waals surface area contributed by atoms with Gasteiger partial charge < -0.3 is 19.5 Å². The second kappa shape index (κ2) is 6.23. The maximum absolute atomic E-state index is 11.5. The van der Waals surface area contributed by atoms with Crippen LogP contribution in [-0.4, -0.2) is 46.5 Å². The quantitative estimate of drug-likeness (QED) is 0.667. The lowest BCUT2D eigenvalue weighted by Gasteiger charge is -2.25. The van der Waals surface area contributed by atoms with Crippen LogP contribution in [0, 0.1) is 5.41 Å². The third-order valence-corrected chi connectivity index (χ3v) is 1.91. The number of ether oxygens (including phenoxy) is 3. The van der Waals surface area contributed by atoms with Crippen LogP contribution in [0.25, 0.3) is 0 Å². The van der Waals surface area contributed by atoms with Gasteiger partial charge in [0.25, 0.3) is 0 Å². The summed E-state index contributed by atoms with van der Waals surface area (Å²) in [5.41, 5.74) is -0.905. The van der Waals surface area contributed by atoms with E-state index in [9.17, 15) is 9.59 Å². The Morgan fingerprint density at radius 1 is 1.27 bits per heavy atom. The molecule has 1 amide bonds. The van der Waals surface area contributed by atoms with Crippen LogP contribution >= 0.6 is 0 Å². The van der Waals surface area contributed by atoms with Crippen LogP contribution in [0.2, 0.25) is 0 Å². The van der Waals surface area contributed by atoms with Gasteiger partial charge in [-0.25, -0.2) is 4.79 Å². The molecule has 0 aliphatic rings. The largest absolute Gasteiger partial charge is 0.508 e. The summed E-state index contributed by atoms with van der Waals surface area (Å²) in [7, 11) is 4.18. The van der Waals surface area contributed by atoms with Gasteiger partial charge in [0.05, 0.1) is 13.7 Å². The summed E-state index contributed by atoms with van der Waals surface area (Å²) in [6, 6.07) is 0. The number of amides is 1. The molecule has 0 aliphatic heterocycles. The Bertz CT molecular complexity index is 231. The number of hydrogen-bond donors (Lipinski definition) is 1. The first-order chi connectivity index (χ1) is 7.00. The first-order valence-electron chi connectivity index (χ1n) is 4.42. The highest BCUT2D eigenvalue weighted by Crippen LogP contribution is 2.17. The van der Waals surface area contributed by atoms with E-state index in [4.69, 9.17) is 9.47 Å². The fourth-order valence-electron chi connectivity index (χ4n) is 1.07. The molecule has 0 aromatic heterocycles. The molecule has 0 spiro atoms. The van der Waals surface area contributed by atoms with E-state index in [1.165, 1.54) is 21.3 Å². The van der Waals surface area contributed by atoms with Crippen LogP contribution in [0.5, 0.6) is 0 Å². The Balaban J connectivity index is 4.37. The van der Waals surface area contributed by atoms with E-state index in [1.54, 1.807) is 6.92 Å². The Morgan fingerprint density at radius 2 is 1.87 bits per heavy atom. The fourth-order valence-corrected chi connectivity index (χ4v) is 1.07. The van der Waals surface area contributed by atoms with Crippen molar-refractivity contribution in [1.82, 2.24) is 5.32 Å². The minimum absolute atomic E-state index is 0.0901. The minimum atomic E-state index is -0.905. The van der Waals surface area contributed by atoms with Crippen molar-refractivity contribution in [3.8, 4) is 0 Å². The monoisotopic (exact) mass is 219 g/mol. The lowest BCUT2D eigenvalue weighted by atomic mass is 9.92. The van der Waals surface area contributed by atoms with Gasteiger partial charge in [-0.1, -0.05) is 0 Å². The number of methoxy groups -OCH3 is 2. The van der Waals surface area contributed by atoms with Crippen molar-refractivity contribution in [2.45, 2.75) is 6.92 Å². The predicted molar refractivity (Wildman–Crippen MR) is 52.4 cm³/mol. The van der Waals surface area contributed by atoms with E-state index in [1.807, 2.05) is 0 Å². The van der Waals surface area contributed by atoms with Crippen LogP contribution < -0.4 is 5.32 Å². The zero-order valence-corrected chi connectivity index (χ0v) is 9.46. The van der Waals surface area contributed by atoms with Crippen LogP contribution in [0.3, 0.4) is 0 Å². The molecule has 0 bridgehead atoms. The smallest absolute Gasteiger partial charge is 0.438 e. The van der Waals surface area contributed by atoms with Gasteiger partial charge in [-0.3, -0.25) is 4.79 Å². The summed E-state index contributed by atoms with van der Waals surface area (Å²) in [6.45, 7) is 1.70. The lowest BCUT2D eigenvalue weighted by molar-refractivity contribution is -0.135. The molecule has 0 aliphatic carbocycles. The highest BCUT2D eigenvalue weighted by Gasteiger charge is 2.34. The summed E-state index contributed by atoms with van der Waals surface area (Å²) in [4.78, 5) is 22.3. The first kappa shape index (κ1) is 13.7. The van der Waals surface area contributed by atoms with E-state index in [2.05, 4.69) is 10.1 Å². The van der Waals surface area contributed by atoms with Crippen LogP contribution in [0.15, 0.2) is 0 Å². The molecule has 1 N–H and O–H groups in total. The predicted octanol–water partition coefficient (Wildman–Crippen LogP) is 0.168. The van der Waals surface area contributed by atoms with Gasteiger partial charge in [-0.2, -0.15) is 0 Å². The molecule has 0 aromatic rings. The molecule has 0 heterocycles. The van der Waals surface area contributed by atoms with E-state index in [-0.39, 0.29) is 19.1 Å². The highest BCUT2D eigenvalue weighted by atomic mass is 16.7. The fraction of sp³-hybridized carbons (Fsp3) is 0.778. The third-order valence-electron chi connectivity index (χ3n) is 1.91. The Kier molecular flexibility index (Phi) is 5.69. The molecule has 1 unspecified atom stereocenters. The van der Waals surface area contributed by atoms with Gasteiger partial charge in [0.1, 0.15) is 12.0 Å². The third kappa shape index (κ3) is 4.16. The maximum atomic E-state index is 11.5. The molecule has 0 fully saturated rings. The summed E-state index contributed by atoms with van der Waals surface area (Å²) in [5.74, 6) is -0.256. The molecule has 0 saturated carbocycles. The normalized spacial score (nSPS) is 13.9. The van der Waals surface area contributed by atoms with E-state index >= 15 is 0 Å². The molecule has 0 saturated heterocycles. The molecular formula is C9H17NO5. The van der Waals surface area contributed by atoms with E-state index < -0.39 is 11.6 Å². The summed E-state index contributed by atoms with van der Waals surface area (Å²) in [6.07, 6.45) is -0.818. The topological polar surface area (TPSA) is 73.9 Å². The molecule has 6 nitrogen and oxygen atoms in total. The summed E-state index contributed by atoms with van der Waals surface area (Å²) in [5, 5.41) is 2.48. The molecule has 15 heavy (non-hydrogen) atoms. The van der Waals surface area contributed by atoms with Crippen molar-refractivity contribution in [3.05, 3.63) is 0 Å². The van der Waals surface area contributed by atoms with Crippen molar-refractivity contribution < 1.29 is 23.8 Å². The van der Waals surface area contributed by atoms with Crippen molar-refractivity contribution in [1.29, 1.82) is 0 Å². The van der Waals surface area contributed by atoms with Crippen LogP contribution in [0.1, 0.15) is 6.92 Å². The maximum Gasteiger partial charge on any atom is 0.508 e. The second-order valence-corrected chi connectivity index (χ2v) is 3.32. The second-order valence-electron chi connectivity index (χ2n) is 3.32. The number of hydrogen-bond acceptors (Lipinski definition) is 5. The molecule has 0 rings (SSSR count). The average molecular weight is 219 g/mol. The van der Waals surface area contributed by atoms with E-state index in [0.29, 0.717) is 0 Å². The Labute approximate surface area is 88.9 Å².